The summed E-state index contributed by atoms with van der Waals surface area (Å²) >= 11 is 0. The van der Waals surface area contributed by atoms with Crippen molar-refractivity contribution in [2.24, 2.45) is 17.3 Å². The summed E-state index contributed by atoms with van der Waals surface area (Å²) < 4.78 is 5.11. The molecule has 5 heteroatoms. The van der Waals surface area contributed by atoms with Crippen molar-refractivity contribution in [1.29, 1.82) is 0 Å². The topological polar surface area (TPSA) is 66.8 Å². The first kappa shape index (κ1) is 18.0. The minimum absolute atomic E-state index is 0.0489. The number of likely N-dealkylation sites (tertiary alicyclic amines) is 1. The van der Waals surface area contributed by atoms with Crippen molar-refractivity contribution in [2.45, 2.75) is 46.5 Å². The fourth-order valence-corrected chi connectivity index (χ4v) is 3.44. The first-order chi connectivity index (χ1) is 9.91. The molecule has 1 fully saturated rings. The summed E-state index contributed by atoms with van der Waals surface area (Å²) in [7, 11) is 1.51. The monoisotopic (exact) mass is 299 g/mol. The van der Waals surface area contributed by atoms with Gasteiger partial charge < -0.3 is 14.7 Å². The predicted molar refractivity (Wildman–Crippen MR) is 81.0 cm³/mol. The van der Waals surface area contributed by atoms with Crippen LogP contribution in [0.15, 0.2) is 0 Å². The van der Waals surface area contributed by atoms with Gasteiger partial charge in [-0.15, -0.1) is 0 Å². The Morgan fingerprint density at radius 1 is 1.33 bits per heavy atom. The Morgan fingerprint density at radius 3 is 2.43 bits per heavy atom. The Bertz CT molecular complexity index is 363. The molecule has 1 heterocycles. The van der Waals surface area contributed by atoms with E-state index in [1.165, 1.54) is 7.11 Å². The minimum Gasteiger partial charge on any atom is -0.481 e. The van der Waals surface area contributed by atoms with Crippen LogP contribution >= 0.6 is 0 Å². The Morgan fingerprint density at radius 2 is 1.95 bits per heavy atom. The number of nitrogens with zero attached hydrogens (tertiary/aromatic N) is 1. The Labute approximate surface area is 127 Å². The van der Waals surface area contributed by atoms with Gasteiger partial charge in [0, 0.05) is 26.1 Å². The standard InChI is InChI=1S/C16H29NO4/c1-5-13(6-2)12(3)14(18)17-9-7-8-16(10-17,11-21-4)15(19)20/h12-13H,5-11H2,1-4H3,(H,19,20). The maximum absolute atomic E-state index is 12.7. The second kappa shape index (κ2) is 7.78. The van der Waals surface area contributed by atoms with E-state index < -0.39 is 11.4 Å². The number of piperidine rings is 1. The quantitative estimate of drug-likeness (QED) is 0.784. The van der Waals surface area contributed by atoms with Crippen LogP contribution in [0.4, 0.5) is 0 Å². The highest BCUT2D eigenvalue weighted by Gasteiger charge is 2.44. The number of aliphatic carboxylic acids is 1. The molecule has 0 saturated carbocycles. The van der Waals surface area contributed by atoms with E-state index in [4.69, 9.17) is 4.74 Å². The van der Waals surface area contributed by atoms with Crippen molar-refractivity contribution in [2.75, 3.05) is 26.8 Å². The summed E-state index contributed by atoms with van der Waals surface area (Å²) in [5, 5.41) is 9.54. The van der Waals surface area contributed by atoms with Crippen LogP contribution in [0.25, 0.3) is 0 Å². The van der Waals surface area contributed by atoms with Gasteiger partial charge in [-0.2, -0.15) is 0 Å². The van der Waals surface area contributed by atoms with Crippen LogP contribution in [-0.4, -0.2) is 48.7 Å². The molecule has 0 aromatic heterocycles. The highest BCUT2D eigenvalue weighted by atomic mass is 16.5. The highest BCUT2D eigenvalue weighted by Crippen LogP contribution is 2.32. The number of ether oxygens (including phenoxy) is 1. The van der Waals surface area contributed by atoms with Crippen molar-refractivity contribution in [3.63, 3.8) is 0 Å². The van der Waals surface area contributed by atoms with Crippen molar-refractivity contribution >= 4 is 11.9 Å². The van der Waals surface area contributed by atoms with E-state index >= 15 is 0 Å². The van der Waals surface area contributed by atoms with E-state index in [1.54, 1.807) is 4.90 Å². The molecular formula is C16H29NO4. The van der Waals surface area contributed by atoms with Gasteiger partial charge in [-0.05, 0) is 18.8 Å². The number of hydrogen-bond donors (Lipinski definition) is 1. The molecule has 5 nitrogen and oxygen atoms in total. The van der Waals surface area contributed by atoms with Crippen LogP contribution in [0, 0.1) is 17.3 Å². The Kier molecular flexibility index (Phi) is 6.65. The lowest BCUT2D eigenvalue weighted by atomic mass is 9.79. The lowest BCUT2D eigenvalue weighted by Gasteiger charge is -2.41. The number of rotatable bonds is 7. The molecule has 0 aliphatic carbocycles. The van der Waals surface area contributed by atoms with Crippen molar-refractivity contribution in [3.8, 4) is 0 Å². The molecule has 0 radical (unpaired) electrons. The summed E-state index contributed by atoms with van der Waals surface area (Å²) in [6.45, 7) is 7.24. The molecular weight excluding hydrogens is 270 g/mol. The molecule has 2 atom stereocenters. The normalized spacial score (nSPS) is 24.1. The van der Waals surface area contributed by atoms with E-state index in [0.29, 0.717) is 18.9 Å². The minimum atomic E-state index is -0.948. The average molecular weight is 299 g/mol. The predicted octanol–water partition coefficient (Wildman–Crippen LogP) is 2.40. The van der Waals surface area contributed by atoms with Gasteiger partial charge in [0.25, 0.3) is 0 Å². The fraction of sp³-hybridized carbons (Fsp3) is 0.875. The number of methoxy groups -OCH3 is 1. The van der Waals surface area contributed by atoms with Crippen molar-refractivity contribution in [3.05, 3.63) is 0 Å². The second-order valence-corrected chi connectivity index (χ2v) is 6.25. The zero-order valence-corrected chi connectivity index (χ0v) is 13.7. The molecule has 1 aliphatic rings. The highest BCUT2D eigenvalue weighted by molar-refractivity contribution is 5.81. The van der Waals surface area contributed by atoms with Crippen LogP contribution in [0.5, 0.6) is 0 Å². The number of carboxylic acids is 1. The van der Waals surface area contributed by atoms with Crippen molar-refractivity contribution < 1.29 is 19.4 Å². The van der Waals surface area contributed by atoms with Gasteiger partial charge in [0.1, 0.15) is 5.41 Å². The molecule has 21 heavy (non-hydrogen) atoms. The van der Waals surface area contributed by atoms with Gasteiger partial charge in [0.05, 0.1) is 6.61 Å². The molecule has 0 spiro atoms. The molecule has 1 rings (SSSR count). The zero-order valence-electron chi connectivity index (χ0n) is 13.7. The summed E-state index contributed by atoms with van der Waals surface area (Å²) in [5.41, 5.74) is -0.948. The van der Waals surface area contributed by atoms with Gasteiger partial charge in [-0.25, -0.2) is 0 Å². The third-order valence-corrected chi connectivity index (χ3v) is 4.91. The number of hydrogen-bond acceptors (Lipinski definition) is 3. The molecule has 0 aromatic rings. The van der Waals surface area contributed by atoms with Crippen LogP contribution in [0.3, 0.4) is 0 Å². The molecule has 0 bridgehead atoms. The van der Waals surface area contributed by atoms with Gasteiger partial charge in [-0.3, -0.25) is 9.59 Å². The number of carbonyl (C=O) groups is 2. The van der Waals surface area contributed by atoms with Crippen LogP contribution in [0.2, 0.25) is 0 Å². The maximum atomic E-state index is 12.7. The number of amides is 1. The SMILES string of the molecule is CCC(CC)C(C)C(=O)N1CCCC(COC)(C(=O)O)C1. The molecule has 0 aromatic carbocycles. The largest absolute Gasteiger partial charge is 0.481 e. The molecule has 1 aliphatic heterocycles. The van der Waals surface area contributed by atoms with Crippen LogP contribution in [0.1, 0.15) is 46.5 Å². The number of carboxylic acid groups (broad SMARTS) is 1. The smallest absolute Gasteiger partial charge is 0.313 e. The lowest BCUT2D eigenvalue weighted by Crippen LogP contribution is -2.53. The third kappa shape index (κ3) is 3.96. The van der Waals surface area contributed by atoms with Gasteiger partial charge >= 0.3 is 5.97 Å². The van der Waals surface area contributed by atoms with Crippen LogP contribution < -0.4 is 0 Å². The molecule has 2 unspecified atom stereocenters. The number of carbonyl (C=O) groups excluding carboxylic acids is 1. The first-order valence-corrected chi connectivity index (χ1v) is 7.93. The van der Waals surface area contributed by atoms with Crippen molar-refractivity contribution in [1.82, 2.24) is 4.90 Å². The first-order valence-electron chi connectivity index (χ1n) is 7.93. The van der Waals surface area contributed by atoms with Gasteiger partial charge in [0.15, 0.2) is 0 Å². The van der Waals surface area contributed by atoms with E-state index in [9.17, 15) is 14.7 Å². The van der Waals surface area contributed by atoms with E-state index in [0.717, 1.165) is 19.3 Å². The van der Waals surface area contributed by atoms with Crippen LogP contribution in [-0.2, 0) is 14.3 Å². The fourth-order valence-electron chi connectivity index (χ4n) is 3.44. The van der Waals surface area contributed by atoms with E-state index in [-0.39, 0.29) is 25.0 Å². The summed E-state index contributed by atoms with van der Waals surface area (Å²) in [6.07, 6.45) is 3.23. The molecule has 1 saturated heterocycles. The second-order valence-electron chi connectivity index (χ2n) is 6.25. The Balaban J connectivity index is 2.83. The van der Waals surface area contributed by atoms with Gasteiger partial charge in [-0.1, -0.05) is 33.6 Å². The third-order valence-electron chi connectivity index (χ3n) is 4.91. The summed E-state index contributed by atoms with van der Waals surface area (Å²) in [5.74, 6) is -0.463. The molecule has 1 N–H and O–H groups in total. The summed E-state index contributed by atoms with van der Waals surface area (Å²) in [6, 6.07) is 0. The van der Waals surface area contributed by atoms with Gasteiger partial charge in [0.2, 0.25) is 5.91 Å². The Hall–Kier alpha value is -1.10. The average Bonchev–Trinajstić information content (AvgIpc) is 2.48. The molecule has 122 valence electrons. The van der Waals surface area contributed by atoms with E-state index in [2.05, 4.69) is 13.8 Å². The zero-order chi connectivity index (χ0) is 16.0. The lowest BCUT2D eigenvalue weighted by molar-refractivity contribution is -0.160. The van der Waals surface area contributed by atoms with E-state index in [1.807, 2.05) is 6.92 Å². The molecule has 1 amide bonds. The summed E-state index contributed by atoms with van der Waals surface area (Å²) in [4.78, 5) is 26.0. The maximum Gasteiger partial charge on any atom is 0.313 e.